The minimum atomic E-state index is -0.786. The fraction of sp³-hybridized carbons (Fsp3) is 0.750. The molecule has 3 unspecified atom stereocenters. The van der Waals surface area contributed by atoms with E-state index in [1.54, 1.807) is 0 Å². The van der Waals surface area contributed by atoms with Gasteiger partial charge in [0, 0.05) is 17.9 Å². The first-order chi connectivity index (χ1) is 9.95. The Labute approximate surface area is 131 Å². The van der Waals surface area contributed by atoms with Gasteiger partial charge >= 0.3 is 5.97 Å². The Morgan fingerprint density at radius 3 is 2.76 bits per heavy atom. The number of thioether (sulfide) groups is 1. The summed E-state index contributed by atoms with van der Waals surface area (Å²) in [7, 11) is 0. The Morgan fingerprint density at radius 2 is 2.24 bits per heavy atom. The molecule has 118 valence electrons. The van der Waals surface area contributed by atoms with Crippen molar-refractivity contribution in [2.24, 2.45) is 11.8 Å². The van der Waals surface area contributed by atoms with Crippen molar-refractivity contribution in [3.05, 3.63) is 11.9 Å². The van der Waals surface area contributed by atoms with Gasteiger partial charge in [0.05, 0.1) is 5.75 Å². The summed E-state index contributed by atoms with van der Waals surface area (Å²) in [6.45, 7) is 8.95. The van der Waals surface area contributed by atoms with Gasteiger partial charge in [-0.15, -0.1) is 0 Å². The van der Waals surface area contributed by atoms with Crippen LogP contribution in [-0.2, 0) is 4.79 Å². The molecule has 0 aliphatic heterocycles. The van der Waals surface area contributed by atoms with E-state index in [0.717, 1.165) is 11.1 Å². The normalized spacial score (nSPS) is 25.7. The van der Waals surface area contributed by atoms with Crippen molar-refractivity contribution in [3.8, 4) is 0 Å². The van der Waals surface area contributed by atoms with Gasteiger partial charge in [-0.1, -0.05) is 45.9 Å². The Hall–Kier alpha value is -0.970. The summed E-state index contributed by atoms with van der Waals surface area (Å²) in [5, 5.41) is 9.79. The zero-order chi connectivity index (χ0) is 15.6. The molecular formula is C16H26N2O2S. The number of carboxylic acid groups (broad SMARTS) is 1. The van der Waals surface area contributed by atoms with Crippen LogP contribution in [0.25, 0.3) is 0 Å². The molecule has 4 nitrogen and oxygen atoms in total. The molecule has 0 aromatic carbocycles. The third-order valence-corrected chi connectivity index (χ3v) is 5.70. The molecule has 3 atom stereocenters. The molecule has 1 aliphatic carbocycles. The van der Waals surface area contributed by atoms with Crippen molar-refractivity contribution < 1.29 is 9.90 Å². The molecule has 1 aliphatic rings. The lowest BCUT2D eigenvalue weighted by Gasteiger charge is -2.25. The highest BCUT2D eigenvalue weighted by atomic mass is 32.2. The maximum atomic E-state index is 10.9. The second-order valence-corrected chi connectivity index (χ2v) is 7.29. The van der Waals surface area contributed by atoms with E-state index < -0.39 is 5.97 Å². The van der Waals surface area contributed by atoms with E-state index in [1.165, 1.54) is 36.7 Å². The molecule has 0 saturated heterocycles. The van der Waals surface area contributed by atoms with E-state index in [-0.39, 0.29) is 5.75 Å². The predicted octanol–water partition coefficient (Wildman–Crippen LogP) is 4.18. The van der Waals surface area contributed by atoms with Crippen LogP contribution in [0.4, 0.5) is 0 Å². The van der Waals surface area contributed by atoms with Crippen LogP contribution in [0.5, 0.6) is 0 Å². The molecule has 1 saturated carbocycles. The molecule has 2 rings (SSSR count). The standard InChI is InChI=1S/C16H26N2O2S/c1-5-12-6-7-13(11(12)4)18-14(10(2)3)8-17-16(18)21-9-15(19)20/h8,10-13H,5-7,9H2,1-4H3,(H,19,20). The van der Waals surface area contributed by atoms with Gasteiger partial charge in [-0.25, -0.2) is 4.98 Å². The van der Waals surface area contributed by atoms with E-state index in [9.17, 15) is 4.79 Å². The van der Waals surface area contributed by atoms with Crippen LogP contribution in [0.15, 0.2) is 11.4 Å². The first kappa shape index (κ1) is 16.4. The largest absolute Gasteiger partial charge is 0.481 e. The number of hydrogen-bond donors (Lipinski definition) is 1. The molecule has 1 aromatic rings. The lowest BCUT2D eigenvalue weighted by Crippen LogP contribution is -2.19. The van der Waals surface area contributed by atoms with Crippen LogP contribution in [-0.4, -0.2) is 26.4 Å². The molecule has 0 amide bonds. The van der Waals surface area contributed by atoms with Gasteiger partial charge in [-0.05, 0) is 30.6 Å². The van der Waals surface area contributed by atoms with Crippen molar-refractivity contribution in [3.63, 3.8) is 0 Å². The average molecular weight is 310 g/mol. The fourth-order valence-corrected chi connectivity index (χ4v) is 4.27. The predicted molar refractivity (Wildman–Crippen MR) is 85.9 cm³/mol. The average Bonchev–Trinajstić information content (AvgIpc) is 2.99. The Balaban J connectivity index is 2.30. The lowest BCUT2D eigenvalue weighted by atomic mass is 9.93. The van der Waals surface area contributed by atoms with E-state index in [4.69, 9.17) is 5.11 Å². The van der Waals surface area contributed by atoms with Crippen molar-refractivity contribution in [2.75, 3.05) is 5.75 Å². The van der Waals surface area contributed by atoms with Crippen LogP contribution in [0.1, 0.15) is 64.6 Å². The van der Waals surface area contributed by atoms with Gasteiger partial charge in [0.2, 0.25) is 0 Å². The van der Waals surface area contributed by atoms with Gasteiger partial charge < -0.3 is 9.67 Å². The zero-order valence-corrected chi connectivity index (χ0v) is 14.2. The second kappa shape index (κ2) is 6.86. The molecule has 0 radical (unpaired) electrons. The van der Waals surface area contributed by atoms with Gasteiger partial charge in [0.25, 0.3) is 0 Å². The van der Waals surface area contributed by atoms with Crippen LogP contribution < -0.4 is 0 Å². The number of nitrogens with zero attached hydrogens (tertiary/aromatic N) is 2. The SMILES string of the molecule is CCC1CCC(n2c(C(C)C)cnc2SCC(=O)O)C1C. The number of rotatable bonds is 6. The topological polar surface area (TPSA) is 55.1 Å². The zero-order valence-electron chi connectivity index (χ0n) is 13.4. The number of carbonyl (C=O) groups is 1. The summed E-state index contributed by atoms with van der Waals surface area (Å²) in [4.78, 5) is 15.4. The van der Waals surface area contributed by atoms with Crippen molar-refractivity contribution >= 4 is 17.7 Å². The minimum Gasteiger partial charge on any atom is -0.481 e. The summed E-state index contributed by atoms with van der Waals surface area (Å²) in [5.74, 6) is 1.10. The summed E-state index contributed by atoms with van der Waals surface area (Å²) in [6.07, 6.45) is 5.60. The van der Waals surface area contributed by atoms with E-state index in [0.29, 0.717) is 17.9 Å². The third-order valence-electron chi connectivity index (χ3n) is 4.75. The number of imidazole rings is 1. The van der Waals surface area contributed by atoms with Gasteiger partial charge in [0.1, 0.15) is 0 Å². The highest BCUT2D eigenvalue weighted by Crippen LogP contribution is 2.44. The Bertz CT molecular complexity index is 498. The van der Waals surface area contributed by atoms with E-state index in [2.05, 4.69) is 37.2 Å². The molecule has 1 heterocycles. The molecule has 21 heavy (non-hydrogen) atoms. The molecular weight excluding hydrogens is 284 g/mol. The monoisotopic (exact) mass is 310 g/mol. The van der Waals surface area contributed by atoms with Gasteiger partial charge in [-0.2, -0.15) is 0 Å². The summed E-state index contributed by atoms with van der Waals surface area (Å²) in [5.41, 5.74) is 1.23. The molecule has 1 aromatic heterocycles. The molecule has 0 spiro atoms. The van der Waals surface area contributed by atoms with Crippen LogP contribution >= 0.6 is 11.8 Å². The maximum Gasteiger partial charge on any atom is 0.313 e. The highest BCUT2D eigenvalue weighted by molar-refractivity contribution is 7.99. The van der Waals surface area contributed by atoms with E-state index >= 15 is 0 Å². The number of aliphatic carboxylic acids is 1. The second-order valence-electron chi connectivity index (χ2n) is 6.34. The molecule has 1 N–H and O–H groups in total. The first-order valence-corrected chi connectivity index (χ1v) is 8.85. The molecule has 1 fully saturated rings. The van der Waals surface area contributed by atoms with Crippen molar-refractivity contribution in [1.29, 1.82) is 0 Å². The first-order valence-electron chi connectivity index (χ1n) is 7.87. The minimum absolute atomic E-state index is 0.0762. The van der Waals surface area contributed by atoms with Crippen LogP contribution in [0.2, 0.25) is 0 Å². The summed E-state index contributed by atoms with van der Waals surface area (Å²) < 4.78 is 2.33. The highest BCUT2D eigenvalue weighted by Gasteiger charge is 2.35. The van der Waals surface area contributed by atoms with Gasteiger partial charge in [-0.3, -0.25) is 4.79 Å². The molecule has 5 heteroatoms. The Morgan fingerprint density at radius 1 is 1.52 bits per heavy atom. The number of aromatic nitrogens is 2. The Kier molecular flexibility index (Phi) is 5.36. The van der Waals surface area contributed by atoms with Gasteiger partial charge in [0.15, 0.2) is 5.16 Å². The fourth-order valence-electron chi connectivity index (χ4n) is 3.51. The molecule has 0 bridgehead atoms. The third kappa shape index (κ3) is 3.44. The summed E-state index contributed by atoms with van der Waals surface area (Å²) in [6, 6.07) is 0.464. The van der Waals surface area contributed by atoms with Crippen molar-refractivity contribution in [1.82, 2.24) is 9.55 Å². The van der Waals surface area contributed by atoms with E-state index in [1.807, 2.05) is 6.20 Å². The van der Waals surface area contributed by atoms with Crippen LogP contribution in [0, 0.1) is 11.8 Å². The lowest BCUT2D eigenvalue weighted by molar-refractivity contribution is -0.133. The smallest absolute Gasteiger partial charge is 0.313 e. The van der Waals surface area contributed by atoms with Crippen LogP contribution in [0.3, 0.4) is 0 Å². The van der Waals surface area contributed by atoms with Crippen molar-refractivity contribution in [2.45, 2.75) is 64.1 Å². The maximum absolute atomic E-state index is 10.9. The quantitative estimate of drug-likeness (QED) is 0.801. The number of carboxylic acids is 1. The number of hydrogen-bond acceptors (Lipinski definition) is 3. The summed E-state index contributed by atoms with van der Waals surface area (Å²) >= 11 is 1.34.